The van der Waals surface area contributed by atoms with Crippen molar-refractivity contribution in [2.45, 2.75) is 0 Å². The topological polar surface area (TPSA) is 99.9 Å². The minimum atomic E-state index is -0.538. The molecular weight excluding hydrogens is 294 g/mol. The van der Waals surface area contributed by atoms with Crippen molar-refractivity contribution in [1.82, 2.24) is 0 Å². The smallest absolute Gasteiger partial charge is 0.311 e. The van der Waals surface area contributed by atoms with E-state index in [2.05, 4.69) is 6.07 Å². The van der Waals surface area contributed by atoms with Gasteiger partial charge in [-0.05, 0) is 35.4 Å². The Hall–Kier alpha value is -3.64. The summed E-state index contributed by atoms with van der Waals surface area (Å²) in [7, 11) is 1.36. The van der Waals surface area contributed by atoms with Gasteiger partial charge in [-0.15, -0.1) is 0 Å². The molecule has 0 unspecified atom stereocenters. The Morgan fingerprint density at radius 1 is 1.22 bits per heavy atom. The maximum Gasteiger partial charge on any atom is 0.311 e. The number of nitro groups is 1. The maximum absolute atomic E-state index is 11.0. The molecule has 0 heterocycles. The molecule has 2 rings (SSSR count). The molecule has 0 amide bonds. The molecule has 0 radical (unpaired) electrons. The van der Waals surface area contributed by atoms with Crippen LogP contribution in [0.1, 0.15) is 16.7 Å². The maximum atomic E-state index is 11.0. The first-order chi connectivity index (χ1) is 11.1. The van der Waals surface area contributed by atoms with Gasteiger partial charge in [0, 0.05) is 6.07 Å². The Bertz CT molecular complexity index is 856. The average Bonchev–Trinajstić information content (AvgIpc) is 2.59. The number of hydrogen-bond acceptors (Lipinski definition) is 5. The number of allylic oxidation sites excluding steroid dienone is 1. The summed E-state index contributed by atoms with van der Waals surface area (Å²) in [6.45, 7) is 0. The van der Waals surface area contributed by atoms with E-state index in [4.69, 9.17) is 10.00 Å². The highest BCUT2D eigenvalue weighted by atomic mass is 16.6. The highest BCUT2D eigenvalue weighted by Crippen LogP contribution is 2.29. The number of ether oxygens (including phenoxy) is 1. The minimum Gasteiger partial charge on any atom is -0.490 e. The lowest BCUT2D eigenvalue weighted by atomic mass is 10.0. The molecule has 0 aromatic heterocycles. The van der Waals surface area contributed by atoms with Gasteiger partial charge in [-0.1, -0.05) is 18.2 Å². The molecule has 0 atom stereocenters. The lowest BCUT2D eigenvalue weighted by Gasteiger charge is -2.03. The van der Waals surface area contributed by atoms with Gasteiger partial charge in [0.25, 0.3) is 0 Å². The van der Waals surface area contributed by atoms with Gasteiger partial charge in [0.05, 0.1) is 35.3 Å². The van der Waals surface area contributed by atoms with E-state index in [0.29, 0.717) is 22.3 Å². The Morgan fingerprint density at radius 3 is 2.43 bits per heavy atom. The predicted molar refractivity (Wildman–Crippen MR) is 84.3 cm³/mol. The van der Waals surface area contributed by atoms with E-state index in [1.54, 1.807) is 36.4 Å². The Morgan fingerprint density at radius 2 is 1.91 bits per heavy atom. The summed E-state index contributed by atoms with van der Waals surface area (Å²) in [5.74, 6) is 0.157. The van der Waals surface area contributed by atoms with Gasteiger partial charge in [-0.2, -0.15) is 10.5 Å². The summed E-state index contributed by atoms with van der Waals surface area (Å²) in [4.78, 5) is 10.5. The number of nitrogens with zero attached hydrogens (tertiary/aromatic N) is 3. The highest BCUT2D eigenvalue weighted by molar-refractivity contribution is 5.90. The summed E-state index contributed by atoms with van der Waals surface area (Å²) >= 11 is 0. The molecule has 0 fully saturated rings. The second-order valence-corrected chi connectivity index (χ2v) is 4.55. The number of methoxy groups -OCH3 is 1. The molecule has 0 spiro atoms. The molecule has 0 aliphatic heterocycles. The molecular formula is C17H11N3O3. The molecule has 0 saturated heterocycles. The fraction of sp³-hybridized carbons (Fsp3) is 0.0588. The third-order valence-electron chi connectivity index (χ3n) is 3.16. The molecule has 112 valence electrons. The van der Waals surface area contributed by atoms with Crippen LogP contribution >= 0.6 is 0 Å². The van der Waals surface area contributed by atoms with Crippen molar-refractivity contribution in [3.63, 3.8) is 0 Å². The van der Waals surface area contributed by atoms with Gasteiger partial charge in [0.2, 0.25) is 0 Å². The van der Waals surface area contributed by atoms with Gasteiger partial charge >= 0.3 is 5.69 Å². The summed E-state index contributed by atoms with van der Waals surface area (Å²) in [6.07, 6.45) is 1.55. The lowest BCUT2D eigenvalue weighted by Crippen LogP contribution is -1.94. The minimum absolute atomic E-state index is 0.157. The van der Waals surface area contributed by atoms with Crippen molar-refractivity contribution in [3.8, 4) is 17.9 Å². The van der Waals surface area contributed by atoms with Crippen molar-refractivity contribution in [2.75, 3.05) is 7.11 Å². The van der Waals surface area contributed by atoms with Crippen molar-refractivity contribution in [2.24, 2.45) is 0 Å². The summed E-state index contributed by atoms with van der Waals surface area (Å²) in [5, 5.41) is 29.1. The van der Waals surface area contributed by atoms with E-state index in [9.17, 15) is 15.4 Å². The van der Waals surface area contributed by atoms with Crippen molar-refractivity contribution >= 4 is 17.3 Å². The lowest BCUT2D eigenvalue weighted by molar-refractivity contribution is -0.385. The van der Waals surface area contributed by atoms with Crippen LogP contribution in [0.5, 0.6) is 5.75 Å². The quantitative estimate of drug-likeness (QED) is 0.372. The van der Waals surface area contributed by atoms with Crippen LogP contribution in [0.15, 0.2) is 42.5 Å². The van der Waals surface area contributed by atoms with Gasteiger partial charge in [-0.25, -0.2) is 0 Å². The molecule has 6 heteroatoms. The first-order valence-corrected chi connectivity index (χ1v) is 6.54. The van der Waals surface area contributed by atoms with Crippen LogP contribution < -0.4 is 4.74 Å². The zero-order valence-electron chi connectivity index (χ0n) is 12.2. The van der Waals surface area contributed by atoms with Crippen molar-refractivity contribution in [3.05, 3.63) is 69.3 Å². The largest absolute Gasteiger partial charge is 0.490 e. The zero-order valence-corrected chi connectivity index (χ0v) is 12.2. The average molecular weight is 305 g/mol. The zero-order chi connectivity index (χ0) is 16.8. The van der Waals surface area contributed by atoms with E-state index in [1.807, 2.05) is 6.07 Å². The van der Waals surface area contributed by atoms with E-state index in [1.165, 1.54) is 19.2 Å². The van der Waals surface area contributed by atoms with Gasteiger partial charge in [0.15, 0.2) is 5.75 Å². The van der Waals surface area contributed by atoms with E-state index in [-0.39, 0.29) is 11.4 Å². The monoisotopic (exact) mass is 305 g/mol. The van der Waals surface area contributed by atoms with Gasteiger partial charge in [0.1, 0.15) is 0 Å². The number of benzene rings is 2. The first-order valence-electron chi connectivity index (χ1n) is 6.54. The van der Waals surface area contributed by atoms with Crippen LogP contribution in [0.2, 0.25) is 0 Å². The van der Waals surface area contributed by atoms with Crippen molar-refractivity contribution in [1.29, 1.82) is 10.5 Å². The van der Waals surface area contributed by atoms with Crippen LogP contribution in [-0.2, 0) is 0 Å². The molecule has 0 aliphatic rings. The van der Waals surface area contributed by atoms with Crippen LogP contribution in [-0.4, -0.2) is 12.0 Å². The summed E-state index contributed by atoms with van der Waals surface area (Å²) in [6, 6.07) is 15.1. The molecule has 0 bridgehead atoms. The second kappa shape index (κ2) is 6.88. The third kappa shape index (κ3) is 3.52. The first kappa shape index (κ1) is 15.7. The standard InChI is InChI=1S/C17H11N3O3/c1-23-17-7-4-13(9-16(17)20(21)22)8-15(11-19)14-5-2-12(10-18)3-6-14/h2-9H,1H3/b15-8-. The normalized spacial score (nSPS) is 10.5. The molecule has 2 aromatic rings. The Kier molecular flexibility index (Phi) is 4.71. The third-order valence-corrected chi connectivity index (χ3v) is 3.16. The molecule has 6 nitrogen and oxygen atoms in total. The molecule has 0 N–H and O–H groups in total. The fourth-order valence-electron chi connectivity index (χ4n) is 2.01. The Labute approximate surface area is 132 Å². The van der Waals surface area contributed by atoms with Crippen LogP contribution in [0, 0.1) is 32.8 Å². The SMILES string of the molecule is COc1ccc(/C=C(/C#N)c2ccc(C#N)cc2)cc1[N+](=O)[O-]. The fourth-order valence-corrected chi connectivity index (χ4v) is 2.01. The van der Waals surface area contributed by atoms with E-state index in [0.717, 1.165) is 0 Å². The van der Waals surface area contributed by atoms with Crippen molar-refractivity contribution < 1.29 is 9.66 Å². The van der Waals surface area contributed by atoms with Crippen LogP contribution in [0.3, 0.4) is 0 Å². The molecule has 0 aliphatic carbocycles. The van der Waals surface area contributed by atoms with Crippen LogP contribution in [0.4, 0.5) is 5.69 Å². The Balaban J connectivity index is 2.45. The number of rotatable bonds is 4. The predicted octanol–water partition coefficient (Wildman–Crippen LogP) is 3.54. The van der Waals surface area contributed by atoms with Gasteiger partial charge < -0.3 is 4.74 Å². The van der Waals surface area contributed by atoms with E-state index >= 15 is 0 Å². The second-order valence-electron chi connectivity index (χ2n) is 4.55. The molecule has 23 heavy (non-hydrogen) atoms. The number of hydrogen-bond donors (Lipinski definition) is 0. The van der Waals surface area contributed by atoms with Crippen LogP contribution in [0.25, 0.3) is 11.6 Å². The van der Waals surface area contributed by atoms with E-state index < -0.39 is 4.92 Å². The molecule has 0 saturated carbocycles. The summed E-state index contributed by atoms with van der Waals surface area (Å²) in [5.41, 5.74) is 1.81. The summed E-state index contributed by atoms with van der Waals surface area (Å²) < 4.78 is 4.95. The van der Waals surface area contributed by atoms with Gasteiger partial charge in [-0.3, -0.25) is 10.1 Å². The highest BCUT2D eigenvalue weighted by Gasteiger charge is 2.14. The number of nitriles is 2. The molecule has 2 aromatic carbocycles. The number of nitro benzene ring substituents is 1.